The van der Waals surface area contributed by atoms with Crippen molar-refractivity contribution in [1.29, 1.82) is 0 Å². The van der Waals surface area contributed by atoms with Crippen LogP contribution in [0.2, 0.25) is 10.0 Å². The number of urea groups is 1. The number of pyridine rings is 1. The fraction of sp³-hybridized carbons (Fsp3) is 0.417. The van der Waals surface area contributed by atoms with Crippen molar-refractivity contribution in [2.45, 2.75) is 26.0 Å². The summed E-state index contributed by atoms with van der Waals surface area (Å²) in [6, 6.07) is 4.13. The molecule has 0 radical (unpaired) electrons. The average molecular weight is 524 g/mol. The van der Waals surface area contributed by atoms with Gasteiger partial charge in [-0.25, -0.2) is 14.2 Å². The monoisotopic (exact) mass is 523 g/mol. The quantitative estimate of drug-likeness (QED) is 0.378. The van der Waals surface area contributed by atoms with Gasteiger partial charge >= 0.3 is 6.03 Å². The number of anilines is 1. The maximum atomic E-state index is 13.9. The molecule has 4 N–H and O–H groups in total. The fourth-order valence-corrected chi connectivity index (χ4v) is 4.18. The zero-order chi connectivity index (χ0) is 25.4. The van der Waals surface area contributed by atoms with E-state index < -0.39 is 11.9 Å². The molecule has 2 heterocycles. The van der Waals surface area contributed by atoms with E-state index in [-0.39, 0.29) is 40.2 Å². The number of halogens is 3. The zero-order valence-electron chi connectivity index (χ0n) is 19.5. The van der Waals surface area contributed by atoms with Crippen LogP contribution in [-0.2, 0) is 4.74 Å². The van der Waals surface area contributed by atoms with Gasteiger partial charge in [0.25, 0.3) is 0 Å². The van der Waals surface area contributed by atoms with Crippen LogP contribution in [0, 0.1) is 17.7 Å². The lowest BCUT2D eigenvalue weighted by atomic mass is 10.1. The fourth-order valence-electron chi connectivity index (χ4n) is 3.50. The number of aromatic nitrogens is 1. The van der Waals surface area contributed by atoms with Crippen LogP contribution in [-0.4, -0.2) is 61.3 Å². The first-order chi connectivity index (χ1) is 16.8. The number of nitrogen functional groups attached to an aromatic ring is 1. The van der Waals surface area contributed by atoms with Crippen molar-refractivity contribution in [3.05, 3.63) is 51.4 Å². The summed E-state index contributed by atoms with van der Waals surface area (Å²) in [5.41, 5.74) is 6.76. The van der Waals surface area contributed by atoms with E-state index in [1.807, 2.05) is 0 Å². The molecule has 1 aromatic heterocycles. The van der Waals surface area contributed by atoms with Gasteiger partial charge in [0.2, 0.25) is 0 Å². The predicted octanol–water partition coefficient (Wildman–Crippen LogP) is 3.62. The molecule has 0 spiro atoms. The average Bonchev–Trinajstić information content (AvgIpc) is 2.85. The molecule has 35 heavy (non-hydrogen) atoms. The van der Waals surface area contributed by atoms with Gasteiger partial charge in [-0.1, -0.05) is 35.0 Å². The van der Waals surface area contributed by atoms with Crippen LogP contribution in [0.1, 0.15) is 31.1 Å². The van der Waals surface area contributed by atoms with Crippen molar-refractivity contribution in [1.82, 2.24) is 20.5 Å². The lowest BCUT2D eigenvalue weighted by Gasteiger charge is -2.32. The minimum absolute atomic E-state index is 0.115. The highest BCUT2D eigenvalue weighted by Crippen LogP contribution is 2.35. The molecule has 0 aliphatic carbocycles. The number of rotatable bonds is 7. The zero-order valence-corrected chi connectivity index (χ0v) is 21.0. The summed E-state index contributed by atoms with van der Waals surface area (Å²) in [6.07, 6.45) is 0.801. The molecule has 0 bridgehead atoms. The standard InChI is InChI=1S/C24H28Cl2FN5O3/c1-15(32-8-10-34-11-9-32)13-31-24(33)29-7-3-4-17-12-20(23(28)30-14-17)35-16(2)21-18(25)5-6-19(27)22(21)26/h5-6,12,14-16H,7-11,13H2,1-2H3,(H2,28,30)(H2,29,31,33). The number of ether oxygens (including phenoxy) is 2. The molecular formula is C24H28Cl2FN5O3. The Bertz CT molecular complexity index is 1100. The van der Waals surface area contributed by atoms with E-state index in [1.54, 1.807) is 13.0 Å². The van der Waals surface area contributed by atoms with Crippen LogP contribution < -0.4 is 21.1 Å². The van der Waals surface area contributed by atoms with Gasteiger partial charge in [0.05, 0.1) is 24.8 Å². The number of morpholine rings is 1. The Kier molecular flexibility index (Phi) is 9.81. The molecule has 188 valence electrons. The molecule has 1 aliphatic heterocycles. The van der Waals surface area contributed by atoms with Gasteiger partial charge in [-0.3, -0.25) is 4.90 Å². The van der Waals surface area contributed by atoms with Crippen LogP contribution in [0.15, 0.2) is 24.4 Å². The summed E-state index contributed by atoms with van der Waals surface area (Å²) in [5, 5.41) is 5.71. The number of nitrogens with two attached hydrogens (primary N) is 1. The predicted molar refractivity (Wildman–Crippen MR) is 134 cm³/mol. The van der Waals surface area contributed by atoms with Gasteiger partial charge in [0.1, 0.15) is 11.9 Å². The summed E-state index contributed by atoms with van der Waals surface area (Å²) >= 11 is 12.2. The van der Waals surface area contributed by atoms with E-state index in [0.29, 0.717) is 30.9 Å². The van der Waals surface area contributed by atoms with Crippen LogP contribution in [0.25, 0.3) is 0 Å². The first-order valence-corrected chi connectivity index (χ1v) is 11.9. The molecule has 8 nitrogen and oxygen atoms in total. The highest BCUT2D eigenvalue weighted by molar-refractivity contribution is 6.36. The number of nitrogens with zero attached hydrogens (tertiary/aromatic N) is 2. The molecule has 1 saturated heterocycles. The van der Waals surface area contributed by atoms with E-state index in [1.165, 1.54) is 18.3 Å². The number of hydrogen-bond donors (Lipinski definition) is 3. The third kappa shape index (κ3) is 7.61. The lowest BCUT2D eigenvalue weighted by Crippen LogP contribution is -2.48. The first kappa shape index (κ1) is 26.8. The highest BCUT2D eigenvalue weighted by Gasteiger charge is 2.20. The Hall–Kier alpha value is -2.77. The van der Waals surface area contributed by atoms with Gasteiger partial charge in [0.15, 0.2) is 11.6 Å². The van der Waals surface area contributed by atoms with Crippen molar-refractivity contribution in [2.24, 2.45) is 0 Å². The normalized spacial score (nSPS) is 15.5. The van der Waals surface area contributed by atoms with Crippen LogP contribution in [0.3, 0.4) is 0 Å². The van der Waals surface area contributed by atoms with Gasteiger partial charge in [0, 0.05) is 54.1 Å². The number of carbonyl (C=O) groups is 1. The van der Waals surface area contributed by atoms with E-state index in [9.17, 15) is 9.18 Å². The third-order valence-electron chi connectivity index (χ3n) is 5.47. The smallest absolute Gasteiger partial charge is 0.315 e. The van der Waals surface area contributed by atoms with E-state index in [2.05, 4.69) is 39.3 Å². The number of benzene rings is 1. The summed E-state index contributed by atoms with van der Waals surface area (Å²) in [4.78, 5) is 18.4. The summed E-state index contributed by atoms with van der Waals surface area (Å²) in [7, 11) is 0. The molecule has 3 rings (SSSR count). The van der Waals surface area contributed by atoms with Crippen molar-refractivity contribution in [3.63, 3.8) is 0 Å². The molecule has 0 saturated carbocycles. The molecular weight excluding hydrogens is 496 g/mol. The molecule has 2 aromatic rings. The van der Waals surface area contributed by atoms with Gasteiger partial charge in [-0.2, -0.15) is 0 Å². The Morgan fingerprint density at radius 1 is 1.31 bits per heavy atom. The molecule has 2 atom stereocenters. The van der Waals surface area contributed by atoms with Crippen molar-refractivity contribution < 1.29 is 18.7 Å². The largest absolute Gasteiger partial charge is 0.482 e. The minimum atomic E-state index is -0.691. The Morgan fingerprint density at radius 2 is 2.06 bits per heavy atom. The summed E-state index contributed by atoms with van der Waals surface area (Å²) < 4.78 is 25.1. The first-order valence-electron chi connectivity index (χ1n) is 11.1. The van der Waals surface area contributed by atoms with E-state index >= 15 is 0 Å². The maximum absolute atomic E-state index is 13.9. The summed E-state index contributed by atoms with van der Waals surface area (Å²) in [5.74, 6) is 5.56. The highest BCUT2D eigenvalue weighted by atomic mass is 35.5. The number of nitrogens with one attached hydrogen (secondary N) is 2. The van der Waals surface area contributed by atoms with Gasteiger partial charge in [-0.15, -0.1) is 0 Å². The molecule has 11 heteroatoms. The van der Waals surface area contributed by atoms with Crippen LogP contribution >= 0.6 is 23.2 Å². The SMILES string of the molecule is CC(Oc1cc(C#CCNC(=O)NCC(C)N2CCOCC2)cnc1N)c1c(Cl)ccc(F)c1Cl. The van der Waals surface area contributed by atoms with E-state index in [0.717, 1.165) is 13.1 Å². The molecule has 1 aromatic carbocycles. The van der Waals surface area contributed by atoms with E-state index in [4.69, 9.17) is 38.4 Å². The Labute approximate surface area is 214 Å². The molecule has 2 amide bonds. The van der Waals surface area contributed by atoms with Crippen molar-refractivity contribution >= 4 is 35.1 Å². The number of hydrogen-bond acceptors (Lipinski definition) is 6. The Morgan fingerprint density at radius 3 is 2.80 bits per heavy atom. The second-order valence-corrected chi connectivity index (χ2v) is 8.77. The van der Waals surface area contributed by atoms with Crippen LogP contribution in [0.4, 0.5) is 15.0 Å². The van der Waals surface area contributed by atoms with Gasteiger partial charge in [-0.05, 0) is 26.0 Å². The number of carbonyl (C=O) groups excluding carboxylic acids is 1. The molecule has 1 aliphatic rings. The second-order valence-electron chi connectivity index (χ2n) is 7.99. The maximum Gasteiger partial charge on any atom is 0.315 e. The topological polar surface area (TPSA) is 102 Å². The van der Waals surface area contributed by atoms with Gasteiger partial charge < -0.3 is 25.8 Å². The van der Waals surface area contributed by atoms with Crippen molar-refractivity contribution in [2.75, 3.05) is 45.1 Å². The summed E-state index contributed by atoms with van der Waals surface area (Å²) in [6.45, 7) is 7.55. The van der Waals surface area contributed by atoms with Crippen molar-refractivity contribution in [3.8, 4) is 17.6 Å². The number of amides is 2. The minimum Gasteiger partial charge on any atom is -0.482 e. The molecule has 2 unspecified atom stereocenters. The molecule has 1 fully saturated rings. The Balaban J connectivity index is 1.53. The third-order valence-corrected chi connectivity index (χ3v) is 6.18. The lowest BCUT2D eigenvalue weighted by molar-refractivity contribution is 0.0209. The van der Waals surface area contributed by atoms with Crippen LogP contribution in [0.5, 0.6) is 5.75 Å². The second kappa shape index (κ2) is 12.8.